The minimum absolute atomic E-state index is 0.0806. The maximum atomic E-state index is 14.1. The van der Waals surface area contributed by atoms with Gasteiger partial charge in [-0.25, -0.2) is 22.3 Å². The van der Waals surface area contributed by atoms with Crippen molar-refractivity contribution < 1.29 is 21.9 Å². The third-order valence-electron chi connectivity index (χ3n) is 7.25. The zero-order valence-corrected chi connectivity index (χ0v) is 18.3. The molecule has 4 fully saturated rings. The molecule has 0 saturated heterocycles. The molecule has 4 aliphatic carbocycles. The van der Waals surface area contributed by atoms with Gasteiger partial charge < -0.3 is 4.74 Å². The topological polar surface area (TPSA) is 120 Å². The number of sulfonamides is 1. The maximum Gasteiger partial charge on any atom is 0.214 e. The lowest BCUT2D eigenvalue weighted by molar-refractivity contribution is -0.0245. The van der Waals surface area contributed by atoms with Gasteiger partial charge in [-0.1, -0.05) is 0 Å². The Morgan fingerprint density at radius 1 is 1.29 bits per heavy atom. The molecule has 168 valence electrons. The lowest BCUT2D eigenvalue weighted by atomic mass is 9.53. The van der Waals surface area contributed by atoms with Crippen LogP contribution in [0, 0.1) is 46.3 Å². The predicted octanol–water partition coefficient (Wildman–Crippen LogP) is 3.12. The number of nitrogens with one attached hydrogen (secondary N) is 1. The van der Waals surface area contributed by atoms with Gasteiger partial charge in [0.15, 0.2) is 29.2 Å². The molecule has 0 spiro atoms. The van der Waals surface area contributed by atoms with Gasteiger partial charge in [-0.2, -0.15) is 5.26 Å². The Morgan fingerprint density at radius 3 is 2.42 bits per heavy atom. The van der Waals surface area contributed by atoms with Crippen LogP contribution < -0.4 is 9.88 Å². The fraction of sp³-hybridized carbons (Fsp3) is 0.619. The summed E-state index contributed by atoms with van der Waals surface area (Å²) in [7, 11) is -3.73. The summed E-state index contributed by atoms with van der Waals surface area (Å²) >= 11 is 0. The van der Waals surface area contributed by atoms with Crippen LogP contribution in [0.15, 0.2) is 18.2 Å². The minimum atomic E-state index is -3.73. The molecule has 10 heteroatoms. The third-order valence-corrected chi connectivity index (χ3v) is 8.95. The monoisotopic (exact) mass is 452 g/mol. The summed E-state index contributed by atoms with van der Waals surface area (Å²) in [6.07, 6.45) is 4.99. The van der Waals surface area contributed by atoms with Crippen LogP contribution in [0.4, 0.5) is 8.78 Å². The Balaban J connectivity index is 1.59. The molecule has 7 nitrogen and oxygen atoms in total. The first-order chi connectivity index (χ1) is 14.4. The van der Waals surface area contributed by atoms with Crippen molar-refractivity contribution in [2.45, 2.75) is 62.3 Å². The molecule has 1 aromatic carbocycles. The molecule has 4 aliphatic rings. The molecule has 0 aromatic heterocycles. The molecule has 3 N–H and O–H groups in total. The number of hydrogen-bond donors (Lipinski definition) is 2. The van der Waals surface area contributed by atoms with Crippen molar-refractivity contribution in [2.24, 2.45) is 22.9 Å². The van der Waals surface area contributed by atoms with Crippen LogP contribution in [0.3, 0.4) is 0 Å². The van der Waals surface area contributed by atoms with Crippen LogP contribution in [0.2, 0.25) is 0 Å². The predicted molar refractivity (Wildman–Crippen MR) is 109 cm³/mol. The molecule has 0 radical (unpaired) electrons. The Hall–Kier alpha value is -2.25. The van der Waals surface area contributed by atoms with Gasteiger partial charge in [0, 0.05) is 6.07 Å². The number of primary sulfonamides is 1. The maximum absolute atomic E-state index is 14.1. The summed E-state index contributed by atoms with van der Waals surface area (Å²) in [5, 5.41) is 24.2. The molecule has 31 heavy (non-hydrogen) atoms. The van der Waals surface area contributed by atoms with Gasteiger partial charge >= 0.3 is 0 Å². The highest BCUT2D eigenvalue weighted by Gasteiger charge is 2.61. The highest BCUT2D eigenvalue weighted by atomic mass is 32.2. The second-order valence-electron chi connectivity index (χ2n) is 9.69. The average molecular weight is 453 g/mol. The Labute approximate surface area is 180 Å². The van der Waals surface area contributed by atoms with E-state index in [2.05, 4.69) is 6.19 Å². The van der Waals surface area contributed by atoms with Gasteiger partial charge in [-0.05, 0) is 75.8 Å². The van der Waals surface area contributed by atoms with Crippen molar-refractivity contribution in [1.29, 1.82) is 10.7 Å². The summed E-state index contributed by atoms with van der Waals surface area (Å²) in [4.78, 5) is 1.30. The van der Waals surface area contributed by atoms with Crippen LogP contribution in [-0.2, 0) is 10.0 Å². The van der Waals surface area contributed by atoms with Gasteiger partial charge in [-0.15, -0.1) is 0 Å². The zero-order valence-electron chi connectivity index (χ0n) is 17.4. The normalized spacial score (nSPS) is 31.9. The minimum Gasteiger partial charge on any atom is -0.477 e. The van der Waals surface area contributed by atoms with Crippen LogP contribution in [0.5, 0.6) is 5.75 Å². The standard InChI is InChI=1S/C21H26F2N4O3S/c1-20(2,30-17-4-3-15(22)7-16(17)23)19(25)27(11-24)18-13-5-12-6-14(18)10-21(8-12,9-13)31(26,28)29/h3-4,7,12-14,18,25H,5-6,8-10H2,1-2H3,(H2,26,28,29). The SMILES string of the molecule is CC(C)(Oc1ccc(F)cc1F)C(=N)N(C#N)C1C2CC3CC1CC(S(N)(=O)=O)(C3)C2. The van der Waals surface area contributed by atoms with Crippen LogP contribution in [0.1, 0.15) is 46.0 Å². The van der Waals surface area contributed by atoms with Gasteiger partial charge in [0.1, 0.15) is 5.82 Å². The number of rotatable bonds is 5. The second kappa shape index (κ2) is 7.14. The van der Waals surface area contributed by atoms with Gasteiger partial charge in [0.05, 0.1) is 10.8 Å². The van der Waals surface area contributed by atoms with Crippen molar-refractivity contribution in [1.82, 2.24) is 4.90 Å². The quantitative estimate of drug-likeness (QED) is 0.308. The molecule has 4 bridgehead atoms. The fourth-order valence-electron chi connectivity index (χ4n) is 6.13. The number of hydrogen-bond acceptors (Lipinski definition) is 5. The molecule has 5 rings (SSSR count). The first-order valence-electron chi connectivity index (χ1n) is 10.3. The number of nitriles is 1. The molecule has 0 aliphatic heterocycles. The first kappa shape index (κ1) is 22.0. The molecule has 4 saturated carbocycles. The van der Waals surface area contributed by atoms with E-state index < -0.39 is 32.0 Å². The summed E-state index contributed by atoms with van der Waals surface area (Å²) < 4.78 is 56.7. The number of halogens is 2. The Morgan fingerprint density at radius 2 is 1.90 bits per heavy atom. The lowest BCUT2D eigenvalue weighted by Crippen LogP contribution is -2.66. The van der Waals surface area contributed by atoms with Crippen LogP contribution in [-0.4, -0.2) is 35.5 Å². The third kappa shape index (κ3) is 3.57. The summed E-state index contributed by atoms with van der Waals surface area (Å²) in [5.74, 6) is -1.92. The van der Waals surface area contributed by atoms with E-state index in [9.17, 15) is 22.5 Å². The van der Waals surface area contributed by atoms with Crippen LogP contribution >= 0.6 is 0 Å². The van der Waals surface area contributed by atoms with Crippen molar-refractivity contribution >= 4 is 15.9 Å². The molecular formula is C21H26F2N4O3S. The van der Waals surface area contributed by atoms with E-state index >= 15 is 0 Å². The molecule has 2 unspecified atom stereocenters. The van der Waals surface area contributed by atoms with Crippen molar-refractivity contribution in [2.75, 3.05) is 0 Å². The number of amidine groups is 1. The highest BCUT2D eigenvalue weighted by Crippen LogP contribution is 2.59. The van der Waals surface area contributed by atoms with E-state index in [4.69, 9.17) is 15.3 Å². The van der Waals surface area contributed by atoms with Gasteiger partial charge in [0.2, 0.25) is 10.0 Å². The molecule has 2 atom stereocenters. The fourth-order valence-corrected chi connectivity index (χ4v) is 7.49. The van der Waals surface area contributed by atoms with E-state index in [-0.39, 0.29) is 35.4 Å². The van der Waals surface area contributed by atoms with Crippen LogP contribution in [0.25, 0.3) is 0 Å². The molecule has 1 aromatic rings. The summed E-state index contributed by atoms with van der Waals surface area (Å²) in [5.41, 5.74) is -1.37. The van der Waals surface area contributed by atoms with E-state index in [1.807, 2.05) is 0 Å². The average Bonchev–Trinajstić information content (AvgIpc) is 2.65. The van der Waals surface area contributed by atoms with Crippen molar-refractivity contribution in [3.63, 3.8) is 0 Å². The number of ether oxygens (including phenoxy) is 1. The van der Waals surface area contributed by atoms with Crippen molar-refractivity contribution in [3.8, 4) is 11.9 Å². The van der Waals surface area contributed by atoms with E-state index in [1.165, 1.54) is 4.90 Å². The van der Waals surface area contributed by atoms with Crippen molar-refractivity contribution in [3.05, 3.63) is 29.8 Å². The summed E-state index contributed by atoms with van der Waals surface area (Å²) in [6.45, 7) is 3.09. The number of nitrogens with two attached hydrogens (primary N) is 1. The van der Waals surface area contributed by atoms with Gasteiger partial charge in [-0.3, -0.25) is 10.3 Å². The Kier molecular flexibility index (Phi) is 5.06. The molecular weight excluding hydrogens is 426 g/mol. The Bertz CT molecular complexity index is 1050. The zero-order chi connectivity index (χ0) is 22.8. The highest BCUT2D eigenvalue weighted by molar-refractivity contribution is 7.90. The van der Waals surface area contributed by atoms with E-state index in [1.54, 1.807) is 13.8 Å². The summed E-state index contributed by atoms with van der Waals surface area (Å²) in [6, 6.07) is 2.58. The lowest BCUT2D eigenvalue weighted by Gasteiger charge is -2.60. The second-order valence-corrected chi connectivity index (χ2v) is 11.7. The molecule has 0 heterocycles. The van der Waals surface area contributed by atoms with E-state index in [0.717, 1.165) is 25.0 Å². The number of benzene rings is 1. The number of nitrogens with zero attached hydrogens (tertiary/aromatic N) is 2. The van der Waals surface area contributed by atoms with Gasteiger partial charge in [0.25, 0.3) is 0 Å². The van der Waals surface area contributed by atoms with E-state index in [0.29, 0.717) is 25.3 Å². The smallest absolute Gasteiger partial charge is 0.214 e. The molecule has 0 amide bonds. The first-order valence-corrected chi connectivity index (χ1v) is 11.9. The largest absolute Gasteiger partial charge is 0.477 e.